The first-order valence-corrected chi connectivity index (χ1v) is 10.1. The Balaban J connectivity index is 1.66. The van der Waals surface area contributed by atoms with Crippen molar-refractivity contribution in [2.45, 2.75) is 6.92 Å². The van der Waals surface area contributed by atoms with Gasteiger partial charge in [-0.1, -0.05) is 48.0 Å². The summed E-state index contributed by atoms with van der Waals surface area (Å²) in [5, 5.41) is 13.9. The molecule has 2 N–H and O–H groups in total. The van der Waals surface area contributed by atoms with Crippen LogP contribution in [0, 0.1) is 6.92 Å². The lowest BCUT2D eigenvalue weighted by molar-refractivity contribution is -0.904. The van der Waals surface area contributed by atoms with E-state index in [2.05, 4.69) is 6.92 Å². The van der Waals surface area contributed by atoms with E-state index in [0.717, 1.165) is 30.9 Å². The number of amides is 1. The van der Waals surface area contributed by atoms with E-state index in [9.17, 15) is 4.79 Å². The zero-order valence-corrected chi connectivity index (χ0v) is 16.7. The molecule has 0 aliphatic carbocycles. The molecule has 2 heterocycles. The highest BCUT2D eigenvalue weighted by atomic mass is 16.3. The van der Waals surface area contributed by atoms with E-state index >= 15 is 0 Å². The van der Waals surface area contributed by atoms with E-state index in [4.69, 9.17) is 10.2 Å². The Labute approximate surface area is 171 Å². The molecule has 0 radical (unpaired) electrons. The average molecular weight is 391 g/mol. The van der Waals surface area contributed by atoms with Gasteiger partial charge in [0.25, 0.3) is 5.91 Å². The molecule has 1 amide bonds. The topological polar surface area (TPSA) is 62.8 Å². The second-order valence-electron chi connectivity index (χ2n) is 7.55. The Kier molecular flexibility index (Phi) is 5.74. The highest BCUT2D eigenvalue weighted by molar-refractivity contribution is 6.00. The smallest absolute Gasteiger partial charge is 0.258 e. The maximum absolute atomic E-state index is 13.4. The quantitative estimate of drug-likeness (QED) is 0.687. The monoisotopic (exact) mass is 391 g/mol. The summed E-state index contributed by atoms with van der Waals surface area (Å²) in [4.78, 5) is 16.6. The van der Waals surface area contributed by atoms with Crippen molar-refractivity contribution in [2.24, 2.45) is 0 Å². The van der Waals surface area contributed by atoms with E-state index in [1.807, 2.05) is 65.7 Å². The molecular formula is C23H27N4O2+. The molecule has 6 heteroatoms. The van der Waals surface area contributed by atoms with Crippen LogP contribution in [0.15, 0.2) is 60.8 Å². The molecule has 3 aromatic rings. The number of aromatic nitrogens is 2. The zero-order chi connectivity index (χ0) is 20.2. The summed E-state index contributed by atoms with van der Waals surface area (Å²) in [5.74, 6) is 0.0188. The molecule has 1 saturated heterocycles. The van der Waals surface area contributed by atoms with Crippen LogP contribution in [0.25, 0.3) is 16.9 Å². The van der Waals surface area contributed by atoms with Crippen molar-refractivity contribution < 1.29 is 14.8 Å². The maximum atomic E-state index is 13.4. The molecule has 1 aromatic heterocycles. The van der Waals surface area contributed by atoms with Crippen LogP contribution in [0.4, 0.5) is 0 Å². The summed E-state index contributed by atoms with van der Waals surface area (Å²) in [6.45, 7) is 6.08. The number of piperazine rings is 1. The fourth-order valence-corrected chi connectivity index (χ4v) is 3.77. The third-order valence-electron chi connectivity index (χ3n) is 5.51. The molecule has 0 atom stereocenters. The number of rotatable bonds is 5. The molecule has 0 bridgehead atoms. The van der Waals surface area contributed by atoms with E-state index in [1.54, 1.807) is 4.68 Å². The van der Waals surface area contributed by atoms with Crippen LogP contribution >= 0.6 is 0 Å². The van der Waals surface area contributed by atoms with E-state index in [0.29, 0.717) is 24.3 Å². The van der Waals surface area contributed by atoms with Gasteiger partial charge in [-0.05, 0) is 19.1 Å². The fraction of sp³-hybridized carbons (Fsp3) is 0.304. The van der Waals surface area contributed by atoms with Gasteiger partial charge in [-0.2, -0.15) is 5.10 Å². The number of carbonyl (C=O) groups excluding carboxylic acids is 1. The summed E-state index contributed by atoms with van der Waals surface area (Å²) in [5.41, 5.74) is 4.39. The predicted molar refractivity (Wildman–Crippen MR) is 112 cm³/mol. The van der Waals surface area contributed by atoms with Crippen LogP contribution in [0.5, 0.6) is 0 Å². The minimum atomic E-state index is 0.0188. The molecule has 0 spiro atoms. The molecule has 2 aromatic carbocycles. The van der Waals surface area contributed by atoms with Crippen LogP contribution in [0.2, 0.25) is 0 Å². The van der Waals surface area contributed by atoms with Gasteiger partial charge in [0.05, 0.1) is 44.0 Å². The Morgan fingerprint density at radius 3 is 2.41 bits per heavy atom. The van der Waals surface area contributed by atoms with Crippen LogP contribution < -0.4 is 4.90 Å². The van der Waals surface area contributed by atoms with Crippen molar-refractivity contribution in [2.75, 3.05) is 39.3 Å². The molecule has 150 valence electrons. The molecule has 0 saturated carbocycles. The summed E-state index contributed by atoms with van der Waals surface area (Å²) >= 11 is 0. The van der Waals surface area contributed by atoms with Crippen molar-refractivity contribution >= 4 is 5.91 Å². The van der Waals surface area contributed by atoms with Gasteiger partial charge in [0.2, 0.25) is 0 Å². The number of aryl methyl sites for hydroxylation is 1. The average Bonchev–Trinajstić information content (AvgIpc) is 3.21. The van der Waals surface area contributed by atoms with Crippen molar-refractivity contribution in [1.82, 2.24) is 14.7 Å². The maximum Gasteiger partial charge on any atom is 0.258 e. The lowest BCUT2D eigenvalue weighted by atomic mass is 10.1. The number of quaternary nitrogens is 1. The number of aliphatic hydroxyl groups excluding tert-OH is 1. The van der Waals surface area contributed by atoms with Crippen molar-refractivity contribution in [1.29, 1.82) is 0 Å². The Hall–Kier alpha value is -2.96. The highest BCUT2D eigenvalue weighted by Crippen LogP contribution is 2.25. The predicted octanol–water partition coefficient (Wildman–Crippen LogP) is 1.18. The first-order chi connectivity index (χ1) is 14.2. The van der Waals surface area contributed by atoms with Gasteiger partial charge in [-0.25, -0.2) is 4.68 Å². The third kappa shape index (κ3) is 4.23. The van der Waals surface area contributed by atoms with Gasteiger partial charge in [0.1, 0.15) is 12.2 Å². The number of benzene rings is 2. The first-order valence-electron chi connectivity index (χ1n) is 10.1. The second-order valence-corrected chi connectivity index (χ2v) is 7.55. The van der Waals surface area contributed by atoms with Crippen LogP contribution in [-0.4, -0.2) is 65.0 Å². The van der Waals surface area contributed by atoms with Gasteiger partial charge in [-0.3, -0.25) is 4.79 Å². The number of carbonyl (C=O) groups is 1. The standard InChI is InChI=1S/C23H26N4O2/c1-18-7-9-20(10-8-18)27-17-21(22(24-27)19-5-3-2-4-6-19)23(29)26-13-11-25(12-14-26)15-16-28/h2-10,17,28H,11-16H2,1H3/p+1. The fourth-order valence-electron chi connectivity index (χ4n) is 3.77. The normalized spacial score (nSPS) is 14.9. The van der Waals surface area contributed by atoms with Crippen molar-refractivity contribution in [3.8, 4) is 16.9 Å². The lowest BCUT2D eigenvalue weighted by Crippen LogP contribution is -3.15. The minimum Gasteiger partial charge on any atom is -0.391 e. The van der Waals surface area contributed by atoms with Gasteiger partial charge >= 0.3 is 0 Å². The summed E-state index contributed by atoms with van der Waals surface area (Å²) in [6.07, 6.45) is 1.85. The van der Waals surface area contributed by atoms with E-state index < -0.39 is 0 Å². The minimum absolute atomic E-state index is 0.0188. The van der Waals surface area contributed by atoms with Gasteiger partial charge < -0.3 is 14.9 Å². The zero-order valence-electron chi connectivity index (χ0n) is 16.7. The Bertz CT molecular complexity index is 958. The number of hydrogen-bond donors (Lipinski definition) is 2. The third-order valence-corrected chi connectivity index (χ3v) is 5.51. The van der Waals surface area contributed by atoms with Crippen LogP contribution in [0.3, 0.4) is 0 Å². The number of nitrogens with one attached hydrogen (secondary N) is 1. The first kappa shape index (κ1) is 19.4. The molecule has 4 rings (SSSR count). The Morgan fingerprint density at radius 1 is 1.07 bits per heavy atom. The highest BCUT2D eigenvalue weighted by Gasteiger charge is 2.28. The summed E-state index contributed by atoms with van der Waals surface area (Å²) in [6, 6.07) is 18.0. The summed E-state index contributed by atoms with van der Waals surface area (Å²) < 4.78 is 1.79. The molecule has 0 unspecified atom stereocenters. The number of aliphatic hydroxyl groups is 1. The molecular weight excluding hydrogens is 364 g/mol. The number of hydrogen-bond acceptors (Lipinski definition) is 3. The second kappa shape index (κ2) is 8.59. The lowest BCUT2D eigenvalue weighted by Gasteiger charge is -2.31. The summed E-state index contributed by atoms with van der Waals surface area (Å²) in [7, 11) is 0. The van der Waals surface area contributed by atoms with Crippen molar-refractivity contribution in [3.05, 3.63) is 71.9 Å². The molecule has 29 heavy (non-hydrogen) atoms. The Morgan fingerprint density at radius 2 is 1.76 bits per heavy atom. The van der Waals surface area contributed by atoms with Gasteiger partial charge in [-0.15, -0.1) is 0 Å². The van der Waals surface area contributed by atoms with Gasteiger partial charge in [0.15, 0.2) is 0 Å². The van der Waals surface area contributed by atoms with Crippen LogP contribution in [0.1, 0.15) is 15.9 Å². The van der Waals surface area contributed by atoms with Crippen molar-refractivity contribution in [3.63, 3.8) is 0 Å². The molecule has 1 aliphatic heterocycles. The van der Waals surface area contributed by atoms with E-state index in [1.165, 1.54) is 10.5 Å². The van der Waals surface area contributed by atoms with Crippen LogP contribution in [-0.2, 0) is 0 Å². The molecule has 1 fully saturated rings. The number of nitrogens with zero attached hydrogens (tertiary/aromatic N) is 3. The molecule has 1 aliphatic rings. The SMILES string of the molecule is Cc1ccc(-n2cc(C(=O)N3CC[NH+](CCO)CC3)c(-c3ccccc3)n2)cc1. The van der Waals surface area contributed by atoms with E-state index in [-0.39, 0.29) is 12.5 Å². The van der Waals surface area contributed by atoms with Gasteiger partial charge in [0, 0.05) is 11.8 Å². The molecule has 6 nitrogen and oxygen atoms in total. The largest absolute Gasteiger partial charge is 0.391 e.